The summed E-state index contributed by atoms with van der Waals surface area (Å²) in [5.41, 5.74) is 3.73. The summed E-state index contributed by atoms with van der Waals surface area (Å²) >= 11 is 0. The molecule has 4 rings (SSSR count). The zero-order chi connectivity index (χ0) is 16.7. The van der Waals surface area contributed by atoms with E-state index in [9.17, 15) is 4.79 Å². The van der Waals surface area contributed by atoms with Crippen molar-refractivity contribution in [2.45, 2.75) is 31.3 Å². The summed E-state index contributed by atoms with van der Waals surface area (Å²) in [6, 6.07) is 14.8. The number of hydrogen-bond donors (Lipinski definition) is 0. The molecule has 2 aromatic rings. The fraction of sp³-hybridized carbons (Fsp3) is 0.350. The van der Waals surface area contributed by atoms with Crippen molar-refractivity contribution in [2.75, 3.05) is 14.2 Å². The van der Waals surface area contributed by atoms with Crippen molar-refractivity contribution in [3.63, 3.8) is 0 Å². The Balaban J connectivity index is 1.84. The van der Waals surface area contributed by atoms with Crippen LogP contribution in [0.4, 0.5) is 0 Å². The van der Waals surface area contributed by atoms with Crippen molar-refractivity contribution < 1.29 is 14.3 Å². The van der Waals surface area contributed by atoms with Gasteiger partial charge in [-0.2, -0.15) is 0 Å². The van der Waals surface area contributed by atoms with Gasteiger partial charge >= 0.3 is 0 Å². The molecule has 2 aromatic carbocycles. The van der Waals surface area contributed by atoms with Crippen molar-refractivity contribution in [3.05, 3.63) is 59.2 Å². The molecule has 2 aliphatic heterocycles. The molecule has 24 heavy (non-hydrogen) atoms. The van der Waals surface area contributed by atoms with Gasteiger partial charge in [-0.25, -0.2) is 0 Å². The van der Waals surface area contributed by atoms with Crippen molar-refractivity contribution >= 4 is 5.91 Å². The number of methoxy groups -OCH3 is 2. The molecular weight excluding hydrogens is 302 g/mol. The third-order valence-corrected chi connectivity index (χ3v) is 5.26. The van der Waals surface area contributed by atoms with Crippen LogP contribution < -0.4 is 9.47 Å². The van der Waals surface area contributed by atoms with Gasteiger partial charge in [-0.1, -0.05) is 30.3 Å². The Morgan fingerprint density at radius 2 is 1.83 bits per heavy atom. The normalized spacial score (nSPS) is 22.1. The Hall–Kier alpha value is -2.49. The van der Waals surface area contributed by atoms with Crippen LogP contribution in [0.5, 0.6) is 11.5 Å². The van der Waals surface area contributed by atoms with E-state index in [0.29, 0.717) is 6.42 Å². The number of benzene rings is 2. The quantitative estimate of drug-likeness (QED) is 0.869. The van der Waals surface area contributed by atoms with Crippen LogP contribution in [0.2, 0.25) is 0 Å². The number of nitrogens with zero attached hydrogens (tertiary/aromatic N) is 1. The van der Waals surface area contributed by atoms with Gasteiger partial charge in [0.05, 0.1) is 14.2 Å². The van der Waals surface area contributed by atoms with Gasteiger partial charge in [-0.15, -0.1) is 0 Å². The average molecular weight is 323 g/mol. The fourth-order valence-electron chi connectivity index (χ4n) is 4.13. The van der Waals surface area contributed by atoms with Gasteiger partial charge in [0.25, 0.3) is 0 Å². The van der Waals surface area contributed by atoms with Gasteiger partial charge in [-0.3, -0.25) is 4.79 Å². The van der Waals surface area contributed by atoms with Gasteiger partial charge in [0.2, 0.25) is 5.91 Å². The van der Waals surface area contributed by atoms with E-state index < -0.39 is 0 Å². The molecule has 1 fully saturated rings. The molecule has 4 nitrogen and oxygen atoms in total. The molecule has 2 heterocycles. The average Bonchev–Trinajstić information content (AvgIpc) is 2.99. The lowest BCUT2D eigenvalue weighted by atomic mass is 9.79. The van der Waals surface area contributed by atoms with E-state index in [2.05, 4.69) is 24.3 Å². The smallest absolute Gasteiger partial charge is 0.223 e. The van der Waals surface area contributed by atoms with Gasteiger partial charge in [0, 0.05) is 24.9 Å². The second-order valence-electron chi connectivity index (χ2n) is 6.42. The molecule has 0 spiro atoms. The van der Waals surface area contributed by atoms with Crippen LogP contribution >= 0.6 is 0 Å². The molecule has 0 saturated carbocycles. The van der Waals surface area contributed by atoms with Crippen molar-refractivity contribution in [3.8, 4) is 11.5 Å². The van der Waals surface area contributed by atoms with Crippen molar-refractivity contribution in [1.29, 1.82) is 0 Å². The molecule has 0 N–H and O–H groups in total. The molecular formula is C20H21NO3. The van der Waals surface area contributed by atoms with Crippen LogP contribution in [0.25, 0.3) is 0 Å². The molecule has 2 atom stereocenters. The molecule has 1 saturated heterocycles. The Morgan fingerprint density at radius 1 is 1.04 bits per heavy atom. The second-order valence-corrected chi connectivity index (χ2v) is 6.42. The molecule has 0 aromatic heterocycles. The third-order valence-electron chi connectivity index (χ3n) is 5.26. The standard InChI is InChI=1S/C20H21NO3/c1-23-17-9-7-13(11-18(17)24-2)20-15-6-4-3-5-14(15)12-21-16(20)8-10-19(21)22/h3-7,9,11,16,20H,8,10,12H2,1-2H3/t16-,20+/m1/s1. The highest BCUT2D eigenvalue weighted by molar-refractivity contribution is 5.80. The first-order chi connectivity index (χ1) is 11.7. The fourth-order valence-corrected chi connectivity index (χ4v) is 4.13. The molecule has 0 unspecified atom stereocenters. The van der Waals surface area contributed by atoms with Crippen LogP contribution in [-0.2, 0) is 11.3 Å². The predicted octanol–water partition coefficient (Wildman–Crippen LogP) is 3.34. The number of fused-ring (bicyclic) bond motifs is 2. The first-order valence-corrected chi connectivity index (χ1v) is 8.32. The van der Waals surface area contributed by atoms with E-state index in [1.807, 2.05) is 23.1 Å². The Bertz CT molecular complexity index is 786. The maximum atomic E-state index is 12.3. The van der Waals surface area contributed by atoms with Crippen LogP contribution in [0.1, 0.15) is 35.4 Å². The van der Waals surface area contributed by atoms with E-state index >= 15 is 0 Å². The number of carbonyl (C=O) groups is 1. The predicted molar refractivity (Wildman–Crippen MR) is 91.4 cm³/mol. The van der Waals surface area contributed by atoms with Gasteiger partial charge < -0.3 is 14.4 Å². The molecule has 2 aliphatic rings. The highest BCUT2D eigenvalue weighted by atomic mass is 16.5. The summed E-state index contributed by atoms with van der Waals surface area (Å²) in [4.78, 5) is 14.3. The molecule has 124 valence electrons. The summed E-state index contributed by atoms with van der Waals surface area (Å²) in [5.74, 6) is 1.90. The minimum absolute atomic E-state index is 0.182. The molecule has 0 radical (unpaired) electrons. The van der Waals surface area contributed by atoms with E-state index in [0.717, 1.165) is 24.5 Å². The number of ether oxygens (including phenoxy) is 2. The van der Waals surface area contributed by atoms with Crippen LogP contribution in [0, 0.1) is 0 Å². The van der Waals surface area contributed by atoms with E-state index in [-0.39, 0.29) is 17.9 Å². The number of rotatable bonds is 3. The SMILES string of the molecule is COc1ccc([C@H]2c3ccccc3CN3C(=O)CC[C@H]23)cc1OC. The lowest BCUT2D eigenvalue weighted by Gasteiger charge is -2.39. The summed E-state index contributed by atoms with van der Waals surface area (Å²) in [6.45, 7) is 0.726. The summed E-state index contributed by atoms with van der Waals surface area (Å²) < 4.78 is 10.8. The third kappa shape index (κ3) is 2.25. The molecule has 1 amide bonds. The lowest BCUT2D eigenvalue weighted by molar-refractivity contribution is -0.130. The topological polar surface area (TPSA) is 38.8 Å². The highest BCUT2D eigenvalue weighted by Gasteiger charge is 2.42. The van der Waals surface area contributed by atoms with Crippen molar-refractivity contribution in [2.24, 2.45) is 0 Å². The highest BCUT2D eigenvalue weighted by Crippen LogP contribution is 2.44. The lowest BCUT2D eigenvalue weighted by Crippen LogP contribution is -2.41. The van der Waals surface area contributed by atoms with Gasteiger partial charge in [0.15, 0.2) is 11.5 Å². The second kappa shape index (κ2) is 5.86. The maximum Gasteiger partial charge on any atom is 0.223 e. The van der Waals surface area contributed by atoms with Gasteiger partial charge in [-0.05, 0) is 35.2 Å². The number of amides is 1. The summed E-state index contributed by atoms with van der Waals surface area (Å²) in [5, 5.41) is 0. The van der Waals surface area contributed by atoms with E-state index in [1.54, 1.807) is 14.2 Å². The maximum absolute atomic E-state index is 12.3. The number of carbonyl (C=O) groups excluding carboxylic acids is 1. The van der Waals surface area contributed by atoms with E-state index in [1.165, 1.54) is 16.7 Å². The first kappa shape index (κ1) is 15.1. The monoisotopic (exact) mass is 323 g/mol. The van der Waals surface area contributed by atoms with Crippen LogP contribution in [-0.4, -0.2) is 31.1 Å². The van der Waals surface area contributed by atoms with Crippen LogP contribution in [0.3, 0.4) is 0 Å². The van der Waals surface area contributed by atoms with Crippen LogP contribution in [0.15, 0.2) is 42.5 Å². The summed E-state index contributed by atoms with van der Waals surface area (Å²) in [7, 11) is 3.30. The minimum atomic E-state index is 0.182. The van der Waals surface area contributed by atoms with E-state index in [4.69, 9.17) is 9.47 Å². The summed E-state index contributed by atoms with van der Waals surface area (Å²) in [6.07, 6.45) is 1.55. The molecule has 4 heteroatoms. The Labute approximate surface area is 142 Å². The molecule has 0 aliphatic carbocycles. The number of hydrogen-bond acceptors (Lipinski definition) is 3. The zero-order valence-electron chi connectivity index (χ0n) is 14.0. The van der Waals surface area contributed by atoms with Crippen molar-refractivity contribution in [1.82, 2.24) is 4.90 Å². The largest absolute Gasteiger partial charge is 0.493 e. The first-order valence-electron chi connectivity index (χ1n) is 8.32. The Morgan fingerprint density at radius 3 is 2.62 bits per heavy atom. The molecule has 0 bridgehead atoms. The minimum Gasteiger partial charge on any atom is -0.493 e. The zero-order valence-corrected chi connectivity index (χ0v) is 14.0. The van der Waals surface area contributed by atoms with Gasteiger partial charge in [0.1, 0.15) is 0 Å². The Kier molecular flexibility index (Phi) is 3.68.